The number of hydrogen-bond donors (Lipinski definition) is 1. The van der Waals surface area contributed by atoms with Crippen LogP contribution in [0.1, 0.15) is 17.0 Å². The highest BCUT2D eigenvalue weighted by Crippen LogP contribution is 2.45. The summed E-state index contributed by atoms with van der Waals surface area (Å²) < 4.78 is 16.6. The normalized spacial score (nSPS) is 12.4. The van der Waals surface area contributed by atoms with Crippen molar-refractivity contribution in [3.8, 4) is 23.0 Å². The lowest BCUT2D eigenvalue weighted by atomic mass is 9.87. The first-order chi connectivity index (χ1) is 13.6. The number of hydrogen-bond acceptors (Lipinski definition) is 4. The smallest absolute Gasteiger partial charge is 0.236 e. The summed E-state index contributed by atoms with van der Waals surface area (Å²) in [5.74, 6) is 1.51. The Morgan fingerprint density at radius 1 is 0.929 bits per heavy atom. The van der Waals surface area contributed by atoms with Crippen molar-refractivity contribution in [1.82, 2.24) is 0 Å². The Hall–Kier alpha value is -3.18. The molecule has 1 aliphatic heterocycles. The highest BCUT2D eigenvalue weighted by Gasteiger charge is 2.32. The van der Waals surface area contributed by atoms with Gasteiger partial charge >= 0.3 is 0 Å². The molecule has 1 heterocycles. The molecule has 3 aromatic carbocycles. The molecule has 5 nitrogen and oxygen atoms in total. The predicted molar refractivity (Wildman–Crippen MR) is 108 cm³/mol. The Labute approximate surface area is 167 Å². The van der Waals surface area contributed by atoms with Crippen LogP contribution in [0.5, 0.6) is 23.0 Å². The lowest BCUT2D eigenvalue weighted by Crippen LogP contribution is -2.25. The summed E-state index contributed by atoms with van der Waals surface area (Å²) in [5.41, 5.74) is 2.09. The van der Waals surface area contributed by atoms with Gasteiger partial charge in [0.05, 0.1) is 30.8 Å². The zero-order valence-electron chi connectivity index (χ0n) is 15.4. The molecule has 1 aliphatic rings. The number of carbonyl (C=O) groups excluding carboxylic acids is 1. The van der Waals surface area contributed by atoms with E-state index in [4.69, 9.17) is 25.8 Å². The van der Waals surface area contributed by atoms with Gasteiger partial charge in [-0.3, -0.25) is 4.79 Å². The summed E-state index contributed by atoms with van der Waals surface area (Å²) in [4.78, 5) is 13.3. The molecule has 142 valence electrons. The molecule has 0 bridgehead atoms. The molecule has 4 rings (SSSR count). The number of halogens is 1. The Kier molecular flexibility index (Phi) is 4.84. The molecule has 0 saturated heterocycles. The number of methoxy groups -OCH3 is 2. The second-order valence-electron chi connectivity index (χ2n) is 6.29. The average Bonchev–Trinajstić information content (AvgIpc) is 2.72. The van der Waals surface area contributed by atoms with Gasteiger partial charge < -0.3 is 19.5 Å². The van der Waals surface area contributed by atoms with E-state index < -0.39 is 5.92 Å². The molecule has 28 heavy (non-hydrogen) atoms. The molecule has 1 amide bonds. The molecule has 1 N–H and O–H groups in total. The Morgan fingerprint density at radius 3 is 2.07 bits per heavy atom. The highest BCUT2D eigenvalue weighted by molar-refractivity contribution is 6.32. The van der Waals surface area contributed by atoms with Crippen LogP contribution in [0.4, 0.5) is 5.69 Å². The zero-order valence-corrected chi connectivity index (χ0v) is 16.1. The topological polar surface area (TPSA) is 56.8 Å². The van der Waals surface area contributed by atoms with E-state index in [-0.39, 0.29) is 5.91 Å². The SMILES string of the molecule is COc1cc(NC(=O)C2c3ccccc3Oc3ccccc32)c(OC)cc1Cl. The average molecular weight is 396 g/mol. The number of benzene rings is 3. The third kappa shape index (κ3) is 3.14. The summed E-state index contributed by atoms with van der Waals surface area (Å²) in [6, 6.07) is 18.3. The molecule has 0 unspecified atom stereocenters. The molecule has 0 saturated carbocycles. The van der Waals surface area contributed by atoms with E-state index in [9.17, 15) is 4.79 Å². The van der Waals surface area contributed by atoms with Gasteiger partial charge in [-0.1, -0.05) is 48.0 Å². The first-order valence-electron chi connectivity index (χ1n) is 8.70. The maximum atomic E-state index is 13.3. The van der Waals surface area contributed by atoms with Crippen LogP contribution in [0.25, 0.3) is 0 Å². The third-order valence-electron chi connectivity index (χ3n) is 4.67. The number of para-hydroxylation sites is 2. The standard InChI is InChI=1S/C22H18ClNO4/c1-26-19-12-16(20(27-2)11-15(19)23)24-22(25)21-13-7-3-5-9-17(13)28-18-10-6-4-8-14(18)21/h3-12,21H,1-2H3,(H,24,25). The van der Waals surface area contributed by atoms with Crippen LogP contribution in [-0.2, 0) is 4.79 Å². The van der Waals surface area contributed by atoms with E-state index in [1.807, 2.05) is 48.5 Å². The van der Waals surface area contributed by atoms with Gasteiger partial charge in [0.2, 0.25) is 5.91 Å². The molecule has 0 aromatic heterocycles. The van der Waals surface area contributed by atoms with Crippen molar-refractivity contribution < 1.29 is 19.0 Å². The van der Waals surface area contributed by atoms with Gasteiger partial charge in [-0.25, -0.2) is 0 Å². The number of carbonyl (C=O) groups is 1. The summed E-state index contributed by atoms with van der Waals surface area (Å²) in [7, 11) is 3.04. The number of amides is 1. The van der Waals surface area contributed by atoms with Gasteiger partial charge in [-0.2, -0.15) is 0 Å². The Bertz CT molecular complexity index is 1000. The van der Waals surface area contributed by atoms with Crippen LogP contribution >= 0.6 is 11.6 Å². The molecule has 0 aliphatic carbocycles. The van der Waals surface area contributed by atoms with Crippen molar-refractivity contribution in [3.63, 3.8) is 0 Å². The Morgan fingerprint density at radius 2 is 1.50 bits per heavy atom. The van der Waals surface area contributed by atoms with Crippen LogP contribution in [-0.4, -0.2) is 20.1 Å². The number of nitrogens with one attached hydrogen (secondary N) is 1. The monoisotopic (exact) mass is 395 g/mol. The molecule has 0 spiro atoms. The number of anilines is 1. The van der Waals surface area contributed by atoms with Crippen LogP contribution in [0.3, 0.4) is 0 Å². The van der Waals surface area contributed by atoms with E-state index in [1.54, 1.807) is 12.1 Å². The number of rotatable bonds is 4. The molecular formula is C22H18ClNO4. The maximum absolute atomic E-state index is 13.3. The quantitative estimate of drug-likeness (QED) is 0.656. The molecule has 0 atom stereocenters. The van der Waals surface area contributed by atoms with Crippen LogP contribution in [0.2, 0.25) is 5.02 Å². The number of fused-ring (bicyclic) bond motifs is 2. The number of ether oxygens (including phenoxy) is 3. The van der Waals surface area contributed by atoms with Crippen molar-refractivity contribution in [1.29, 1.82) is 0 Å². The highest BCUT2D eigenvalue weighted by atomic mass is 35.5. The Balaban J connectivity index is 1.76. The lowest BCUT2D eigenvalue weighted by Gasteiger charge is -2.27. The van der Waals surface area contributed by atoms with E-state index in [0.717, 1.165) is 11.1 Å². The van der Waals surface area contributed by atoms with Gasteiger partial charge in [-0.05, 0) is 12.1 Å². The molecular weight excluding hydrogens is 378 g/mol. The van der Waals surface area contributed by atoms with Gasteiger partial charge in [0.15, 0.2) is 0 Å². The van der Waals surface area contributed by atoms with Crippen molar-refractivity contribution in [2.45, 2.75) is 5.92 Å². The van der Waals surface area contributed by atoms with Crippen molar-refractivity contribution >= 4 is 23.2 Å². The largest absolute Gasteiger partial charge is 0.495 e. The van der Waals surface area contributed by atoms with E-state index >= 15 is 0 Å². The fourth-order valence-electron chi connectivity index (χ4n) is 3.36. The van der Waals surface area contributed by atoms with Gasteiger partial charge in [0.25, 0.3) is 0 Å². The van der Waals surface area contributed by atoms with Crippen LogP contribution in [0, 0.1) is 0 Å². The molecule has 0 fully saturated rings. The van der Waals surface area contributed by atoms with Gasteiger partial charge in [0.1, 0.15) is 23.0 Å². The molecule has 3 aromatic rings. The van der Waals surface area contributed by atoms with Crippen molar-refractivity contribution in [3.05, 3.63) is 76.8 Å². The fourth-order valence-corrected chi connectivity index (χ4v) is 3.59. The lowest BCUT2D eigenvalue weighted by molar-refractivity contribution is -0.116. The minimum absolute atomic E-state index is 0.203. The van der Waals surface area contributed by atoms with Crippen LogP contribution in [0.15, 0.2) is 60.7 Å². The van der Waals surface area contributed by atoms with Crippen LogP contribution < -0.4 is 19.5 Å². The molecule has 6 heteroatoms. The third-order valence-corrected chi connectivity index (χ3v) is 4.97. The zero-order chi connectivity index (χ0) is 19.7. The van der Waals surface area contributed by atoms with Gasteiger partial charge in [0, 0.05) is 23.3 Å². The predicted octanol–water partition coefficient (Wildman–Crippen LogP) is 5.23. The summed E-state index contributed by atoms with van der Waals surface area (Å²) >= 11 is 6.17. The first kappa shape index (κ1) is 18.2. The fraction of sp³-hybridized carbons (Fsp3) is 0.136. The van der Waals surface area contributed by atoms with Gasteiger partial charge in [-0.15, -0.1) is 0 Å². The van der Waals surface area contributed by atoms with E-state index in [2.05, 4.69) is 5.32 Å². The first-order valence-corrected chi connectivity index (χ1v) is 9.08. The van der Waals surface area contributed by atoms with Crippen molar-refractivity contribution in [2.24, 2.45) is 0 Å². The second kappa shape index (κ2) is 7.44. The summed E-state index contributed by atoms with van der Waals surface area (Å²) in [6.45, 7) is 0. The maximum Gasteiger partial charge on any atom is 0.236 e. The summed E-state index contributed by atoms with van der Waals surface area (Å²) in [5, 5.41) is 3.36. The minimum Gasteiger partial charge on any atom is -0.495 e. The van der Waals surface area contributed by atoms with E-state index in [1.165, 1.54) is 14.2 Å². The molecule has 0 radical (unpaired) electrons. The van der Waals surface area contributed by atoms with Crippen molar-refractivity contribution in [2.75, 3.05) is 19.5 Å². The summed E-state index contributed by atoms with van der Waals surface area (Å²) in [6.07, 6.45) is 0. The van der Waals surface area contributed by atoms with E-state index in [0.29, 0.717) is 33.7 Å². The minimum atomic E-state index is -0.521. The second-order valence-corrected chi connectivity index (χ2v) is 6.69.